The van der Waals surface area contributed by atoms with Crippen LogP contribution in [-0.4, -0.2) is 94.9 Å². The average Bonchev–Trinajstić information content (AvgIpc) is 3.36. The summed E-state index contributed by atoms with van der Waals surface area (Å²) < 4.78 is 45.6. The number of urea groups is 1. The number of aryl methyl sites for hydroxylation is 1. The van der Waals surface area contributed by atoms with Crippen molar-refractivity contribution in [1.82, 2.24) is 14.8 Å². The molecule has 1 N–H and O–H groups in total. The minimum atomic E-state index is -3.15. The number of hydrogen-bond acceptors (Lipinski definition) is 7. The number of H-pyrrole nitrogens is 1. The summed E-state index contributed by atoms with van der Waals surface area (Å²) in [5.74, 6) is 1.76. The predicted molar refractivity (Wildman–Crippen MR) is 152 cm³/mol. The van der Waals surface area contributed by atoms with E-state index in [0.29, 0.717) is 57.2 Å². The number of methoxy groups -OCH3 is 2. The van der Waals surface area contributed by atoms with Gasteiger partial charge in [-0.25, -0.2) is 13.2 Å². The summed E-state index contributed by atoms with van der Waals surface area (Å²) in [5.41, 5.74) is 4.30. The number of nitrogens with one attached hydrogen (secondary N) is 1. The van der Waals surface area contributed by atoms with Gasteiger partial charge in [0.15, 0.2) is 21.3 Å². The number of rotatable bonds is 9. The molecule has 2 aliphatic heterocycles. The monoisotopic (exact) mass is 571 g/mol. The molecule has 10 nitrogen and oxygen atoms in total. The van der Waals surface area contributed by atoms with E-state index in [2.05, 4.69) is 4.98 Å². The molecule has 2 amide bonds. The van der Waals surface area contributed by atoms with Gasteiger partial charge < -0.3 is 33.7 Å². The molecule has 1 aromatic heterocycles. The number of fused-ring (bicyclic) bond motifs is 2. The molecule has 0 saturated carbocycles. The summed E-state index contributed by atoms with van der Waals surface area (Å²) in [7, 11) is 0.0786. The van der Waals surface area contributed by atoms with Crippen LogP contribution in [0.1, 0.15) is 29.2 Å². The Morgan fingerprint density at radius 2 is 1.88 bits per heavy atom. The lowest BCUT2D eigenvalue weighted by molar-refractivity contribution is 0.0376. The maximum atomic E-state index is 13.7. The van der Waals surface area contributed by atoms with Crippen LogP contribution in [0.2, 0.25) is 0 Å². The molecule has 216 valence electrons. The highest BCUT2D eigenvalue weighted by Crippen LogP contribution is 2.41. The third-order valence-corrected chi connectivity index (χ3v) is 8.59. The van der Waals surface area contributed by atoms with Crippen molar-refractivity contribution < 1.29 is 32.2 Å². The van der Waals surface area contributed by atoms with Crippen LogP contribution in [0.25, 0.3) is 10.9 Å². The van der Waals surface area contributed by atoms with Crippen LogP contribution in [0.15, 0.2) is 36.5 Å². The highest BCUT2D eigenvalue weighted by Gasteiger charge is 2.35. The first kappa shape index (κ1) is 28.1. The molecule has 0 radical (unpaired) electrons. The number of carbonyl (C=O) groups excluding carboxylic acids is 1. The number of sulfone groups is 1. The van der Waals surface area contributed by atoms with Gasteiger partial charge in [-0.2, -0.15) is 0 Å². The van der Waals surface area contributed by atoms with E-state index in [1.165, 1.54) is 6.26 Å². The largest absolute Gasteiger partial charge is 0.497 e. The Bertz CT molecular complexity index is 1460. The molecule has 40 heavy (non-hydrogen) atoms. The maximum Gasteiger partial charge on any atom is 0.320 e. The van der Waals surface area contributed by atoms with Crippen molar-refractivity contribution in [3.8, 4) is 17.2 Å². The second-order valence-corrected chi connectivity index (χ2v) is 12.5. The average molecular weight is 572 g/mol. The van der Waals surface area contributed by atoms with E-state index in [1.807, 2.05) is 46.3 Å². The number of morpholine rings is 1. The van der Waals surface area contributed by atoms with Gasteiger partial charge in [0.2, 0.25) is 0 Å². The SMILES string of the molecule is COc1ccc2[nH]cc(CCC3c4cc(OC)c(OCCS(C)(=O)=O)cc4CCN3C(=O)N3CCOCC3)c2c1. The van der Waals surface area contributed by atoms with E-state index in [-0.39, 0.29) is 24.4 Å². The number of benzene rings is 2. The van der Waals surface area contributed by atoms with Crippen LogP contribution in [-0.2, 0) is 27.4 Å². The zero-order valence-corrected chi connectivity index (χ0v) is 24.1. The van der Waals surface area contributed by atoms with Crippen LogP contribution in [0.3, 0.4) is 0 Å². The Morgan fingerprint density at radius 1 is 1.07 bits per heavy atom. The lowest BCUT2D eigenvalue weighted by Crippen LogP contribution is -2.51. The number of carbonyl (C=O) groups is 1. The molecule has 1 atom stereocenters. The first-order valence-corrected chi connectivity index (χ1v) is 15.6. The van der Waals surface area contributed by atoms with Gasteiger partial charge in [0.05, 0.1) is 39.2 Å². The number of ether oxygens (including phenoxy) is 4. The summed E-state index contributed by atoms with van der Waals surface area (Å²) in [6.07, 6.45) is 5.35. The third-order valence-electron chi connectivity index (χ3n) is 7.68. The highest BCUT2D eigenvalue weighted by molar-refractivity contribution is 7.90. The first-order valence-electron chi connectivity index (χ1n) is 13.6. The van der Waals surface area contributed by atoms with Crippen LogP contribution < -0.4 is 14.2 Å². The van der Waals surface area contributed by atoms with E-state index in [0.717, 1.165) is 39.8 Å². The molecular weight excluding hydrogens is 534 g/mol. The zero-order chi connectivity index (χ0) is 28.3. The Hall–Kier alpha value is -3.44. The molecule has 3 heterocycles. The summed E-state index contributed by atoms with van der Waals surface area (Å²) in [5, 5.41) is 1.11. The lowest BCUT2D eigenvalue weighted by Gasteiger charge is -2.41. The minimum Gasteiger partial charge on any atom is -0.497 e. The number of aromatic nitrogens is 1. The fraction of sp³-hybridized carbons (Fsp3) is 0.483. The second kappa shape index (κ2) is 12.0. The summed E-state index contributed by atoms with van der Waals surface area (Å²) in [6.45, 7) is 2.86. The van der Waals surface area contributed by atoms with E-state index >= 15 is 0 Å². The molecule has 1 unspecified atom stereocenters. The Morgan fingerprint density at radius 3 is 2.60 bits per heavy atom. The molecule has 11 heteroatoms. The molecule has 0 bridgehead atoms. The number of nitrogens with zero attached hydrogens (tertiary/aromatic N) is 2. The molecule has 1 saturated heterocycles. The lowest BCUT2D eigenvalue weighted by atomic mass is 9.88. The van der Waals surface area contributed by atoms with Crippen LogP contribution in [0.5, 0.6) is 17.2 Å². The number of hydrogen-bond donors (Lipinski definition) is 1. The number of amides is 2. The zero-order valence-electron chi connectivity index (χ0n) is 23.3. The van der Waals surface area contributed by atoms with Crippen molar-refractivity contribution in [1.29, 1.82) is 0 Å². The normalized spacial score (nSPS) is 17.5. The van der Waals surface area contributed by atoms with Crippen molar-refractivity contribution in [2.24, 2.45) is 0 Å². The molecule has 3 aromatic rings. The van der Waals surface area contributed by atoms with Gasteiger partial charge in [0.25, 0.3) is 0 Å². The van der Waals surface area contributed by atoms with Crippen LogP contribution in [0, 0.1) is 0 Å². The third kappa shape index (κ3) is 6.15. The van der Waals surface area contributed by atoms with Gasteiger partial charge in [-0.15, -0.1) is 0 Å². The summed E-state index contributed by atoms with van der Waals surface area (Å²) in [6, 6.07) is 9.72. The smallest absolute Gasteiger partial charge is 0.320 e. The Kier molecular flexibility index (Phi) is 8.41. The van der Waals surface area contributed by atoms with Crippen molar-refractivity contribution in [3.05, 3.63) is 53.2 Å². The van der Waals surface area contributed by atoms with Gasteiger partial charge >= 0.3 is 6.03 Å². The van der Waals surface area contributed by atoms with E-state index in [1.54, 1.807) is 14.2 Å². The molecule has 1 fully saturated rings. The van der Waals surface area contributed by atoms with E-state index in [9.17, 15) is 13.2 Å². The minimum absolute atomic E-state index is 0.0204. The van der Waals surface area contributed by atoms with Crippen molar-refractivity contribution in [3.63, 3.8) is 0 Å². The van der Waals surface area contributed by atoms with E-state index < -0.39 is 9.84 Å². The van der Waals surface area contributed by atoms with Crippen molar-refractivity contribution in [2.75, 3.05) is 65.7 Å². The predicted octanol–water partition coefficient (Wildman–Crippen LogP) is 3.59. The maximum absolute atomic E-state index is 13.7. The molecular formula is C29H37N3O7S. The molecule has 0 aliphatic carbocycles. The standard InChI is InChI=1S/C29H37N3O7S/c1-36-22-5-6-25-23(17-22)21(19-30-25)4-7-26-24-18-27(37-2)28(39-14-15-40(3,34)35)16-20(24)8-9-32(26)29(33)31-10-12-38-13-11-31/h5-6,16-19,26,30H,4,7-15H2,1-3H3. The van der Waals surface area contributed by atoms with Gasteiger partial charge in [0.1, 0.15) is 12.4 Å². The van der Waals surface area contributed by atoms with Crippen molar-refractivity contribution in [2.45, 2.75) is 25.3 Å². The van der Waals surface area contributed by atoms with E-state index in [4.69, 9.17) is 18.9 Å². The highest BCUT2D eigenvalue weighted by atomic mass is 32.2. The van der Waals surface area contributed by atoms with Crippen LogP contribution in [0.4, 0.5) is 4.79 Å². The second-order valence-electron chi connectivity index (χ2n) is 10.3. The van der Waals surface area contributed by atoms with Gasteiger partial charge in [-0.3, -0.25) is 0 Å². The molecule has 2 aromatic carbocycles. The Labute approximate surface area is 235 Å². The van der Waals surface area contributed by atoms with Crippen molar-refractivity contribution >= 4 is 26.8 Å². The van der Waals surface area contributed by atoms with Gasteiger partial charge in [-0.1, -0.05) is 0 Å². The molecule has 2 aliphatic rings. The first-order chi connectivity index (χ1) is 19.3. The Balaban J connectivity index is 1.45. The fourth-order valence-electron chi connectivity index (χ4n) is 5.54. The summed E-state index contributed by atoms with van der Waals surface area (Å²) >= 11 is 0. The summed E-state index contributed by atoms with van der Waals surface area (Å²) in [4.78, 5) is 21.0. The topological polar surface area (TPSA) is 110 Å². The van der Waals surface area contributed by atoms with Crippen LogP contribution >= 0.6 is 0 Å². The molecule has 0 spiro atoms. The van der Waals surface area contributed by atoms with Gasteiger partial charge in [-0.05, 0) is 66.3 Å². The fourth-order valence-corrected chi connectivity index (χ4v) is 5.93. The number of aromatic amines is 1. The molecule has 5 rings (SSSR count). The quantitative estimate of drug-likeness (QED) is 0.418. The van der Waals surface area contributed by atoms with Gasteiger partial charge in [0, 0.05) is 43.0 Å².